The minimum Gasteiger partial charge on any atom is -0.462 e. The lowest BCUT2D eigenvalue weighted by atomic mass is 10.2. The van der Waals surface area contributed by atoms with Crippen LogP contribution in [-0.2, 0) is 4.74 Å². The van der Waals surface area contributed by atoms with Gasteiger partial charge in [0.15, 0.2) is 0 Å². The average molecular weight is 253 g/mol. The normalized spacial score (nSPS) is 10.1. The number of nitrogens with one attached hydrogen (secondary N) is 1. The summed E-state index contributed by atoms with van der Waals surface area (Å²) in [6.07, 6.45) is 1.92. The van der Waals surface area contributed by atoms with Crippen LogP contribution >= 0.6 is 12.6 Å². The highest BCUT2D eigenvalue weighted by Crippen LogP contribution is 2.21. The molecule has 0 bridgehead atoms. The zero-order valence-electron chi connectivity index (χ0n) is 10.3. The molecule has 1 aromatic carbocycles. The van der Waals surface area contributed by atoms with Crippen LogP contribution in [0.1, 0.15) is 37.0 Å². The van der Waals surface area contributed by atoms with Crippen LogP contribution in [0.15, 0.2) is 23.1 Å². The molecule has 0 saturated heterocycles. The Balaban J connectivity index is 2.70. The van der Waals surface area contributed by atoms with Crippen molar-refractivity contribution in [2.45, 2.75) is 31.6 Å². The van der Waals surface area contributed by atoms with Crippen LogP contribution in [0.3, 0.4) is 0 Å². The van der Waals surface area contributed by atoms with Gasteiger partial charge in [-0.15, -0.1) is 12.6 Å². The molecule has 0 aliphatic carbocycles. The Morgan fingerprint density at radius 3 is 2.82 bits per heavy atom. The van der Waals surface area contributed by atoms with Crippen LogP contribution in [-0.4, -0.2) is 19.1 Å². The van der Waals surface area contributed by atoms with Gasteiger partial charge < -0.3 is 10.1 Å². The predicted molar refractivity (Wildman–Crippen MR) is 73.0 cm³/mol. The number of benzene rings is 1. The summed E-state index contributed by atoms with van der Waals surface area (Å²) in [6.45, 7) is 5.34. The van der Waals surface area contributed by atoms with Crippen LogP contribution in [0.2, 0.25) is 0 Å². The first-order chi connectivity index (χ1) is 8.19. The molecule has 0 aliphatic rings. The van der Waals surface area contributed by atoms with Crippen molar-refractivity contribution < 1.29 is 9.53 Å². The maximum atomic E-state index is 11.7. The fourth-order valence-electron chi connectivity index (χ4n) is 1.39. The number of ether oxygens (including phenoxy) is 1. The number of thiol groups is 1. The van der Waals surface area contributed by atoms with Gasteiger partial charge in [0.1, 0.15) is 0 Å². The number of hydrogen-bond donors (Lipinski definition) is 2. The highest BCUT2D eigenvalue weighted by Gasteiger charge is 2.09. The van der Waals surface area contributed by atoms with Gasteiger partial charge in [0.05, 0.1) is 12.2 Å². The molecule has 3 nitrogen and oxygen atoms in total. The number of esters is 1. The first-order valence-electron chi connectivity index (χ1n) is 5.93. The summed E-state index contributed by atoms with van der Waals surface area (Å²) in [5.74, 6) is -0.272. The van der Waals surface area contributed by atoms with E-state index in [1.807, 2.05) is 6.92 Å². The molecule has 0 heterocycles. The summed E-state index contributed by atoms with van der Waals surface area (Å²) in [5, 5.41) is 3.15. The largest absolute Gasteiger partial charge is 0.462 e. The third-order valence-corrected chi connectivity index (χ3v) is 2.72. The van der Waals surface area contributed by atoms with E-state index >= 15 is 0 Å². The van der Waals surface area contributed by atoms with E-state index in [2.05, 4.69) is 24.9 Å². The van der Waals surface area contributed by atoms with Gasteiger partial charge in [-0.25, -0.2) is 4.79 Å². The Kier molecular flexibility index (Phi) is 5.91. The number of anilines is 1. The van der Waals surface area contributed by atoms with Crippen LogP contribution in [0.4, 0.5) is 5.69 Å². The summed E-state index contributed by atoms with van der Waals surface area (Å²) < 4.78 is 5.15. The Hall–Kier alpha value is -1.16. The highest BCUT2D eigenvalue weighted by molar-refractivity contribution is 7.80. The molecule has 0 unspecified atom stereocenters. The SMILES string of the molecule is CCCCOC(=O)c1ccc(S)c(NCC)c1. The van der Waals surface area contributed by atoms with Crippen LogP contribution in [0.5, 0.6) is 0 Å². The number of rotatable bonds is 6. The molecule has 1 rings (SSSR count). The monoisotopic (exact) mass is 253 g/mol. The fraction of sp³-hybridized carbons (Fsp3) is 0.462. The second kappa shape index (κ2) is 7.22. The minimum atomic E-state index is -0.272. The highest BCUT2D eigenvalue weighted by atomic mass is 32.1. The molecule has 0 amide bonds. The summed E-state index contributed by atoms with van der Waals surface area (Å²) in [7, 11) is 0. The van der Waals surface area contributed by atoms with Gasteiger partial charge in [0, 0.05) is 17.1 Å². The molecular formula is C13H19NO2S. The van der Waals surface area contributed by atoms with Crippen LogP contribution in [0.25, 0.3) is 0 Å². The van der Waals surface area contributed by atoms with E-state index in [-0.39, 0.29) is 5.97 Å². The van der Waals surface area contributed by atoms with E-state index in [1.165, 1.54) is 0 Å². The third-order valence-electron chi connectivity index (χ3n) is 2.33. The maximum absolute atomic E-state index is 11.7. The summed E-state index contributed by atoms with van der Waals surface area (Å²) in [4.78, 5) is 12.5. The number of hydrogen-bond acceptors (Lipinski definition) is 4. The van der Waals surface area contributed by atoms with Crippen LogP contribution < -0.4 is 5.32 Å². The molecule has 1 N–H and O–H groups in total. The third kappa shape index (κ3) is 4.30. The lowest BCUT2D eigenvalue weighted by Crippen LogP contribution is -2.07. The van der Waals surface area contributed by atoms with Crippen molar-refractivity contribution in [3.8, 4) is 0 Å². The van der Waals surface area contributed by atoms with E-state index < -0.39 is 0 Å². The van der Waals surface area contributed by atoms with Gasteiger partial charge in [-0.1, -0.05) is 13.3 Å². The summed E-state index contributed by atoms with van der Waals surface area (Å²) in [6, 6.07) is 5.31. The molecule has 94 valence electrons. The zero-order chi connectivity index (χ0) is 12.7. The van der Waals surface area contributed by atoms with Gasteiger partial charge in [-0.05, 0) is 31.5 Å². The Morgan fingerprint density at radius 2 is 2.18 bits per heavy atom. The summed E-state index contributed by atoms with van der Waals surface area (Å²) in [5.41, 5.74) is 1.43. The zero-order valence-corrected chi connectivity index (χ0v) is 11.2. The quantitative estimate of drug-likeness (QED) is 0.464. The second-order valence-corrected chi connectivity index (χ2v) is 4.23. The number of carbonyl (C=O) groups is 1. The molecule has 0 aliphatic heterocycles. The van der Waals surface area contributed by atoms with Gasteiger partial charge in [-0.3, -0.25) is 0 Å². The van der Waals surface area contributed by atoms with Crippen molar-refractivity contribution in [2.75, 3.05) is 18.5 Å². The minimum absolute atomic E-state index is 0.272. The standard InChI is InChI=1S/C13H19NO2S/c1-3-5-8-16-13(15)10-6-7-12(17)11(9-10)14-4-2/h6-7,9,14,17H,3-5,8H2,1-2H3. The van der Waals surface area contributed by atoms with Crippen molar-refractivity contribution in [3.63, 3.8) is 0 Å². The topological polar surface area (TPSA) is 38.3 Å². The first kappa shape index (κ1) is 13.9. The van der Waals surface area contributed by atoms with Gasteiger partial charge in [0.25, 0.3) is 0 Å². The molecule has 17 heavy (non-hydrogen) atoms. The van der Waals surface area contributed by atoms with Crippen molar-refractivity contribution >= 4 is 24.3 Å². The van der Waals surface area contributed by atoms with Gasteiger partial charge in [0.2, 0.25) is 0 Å². The molecule has 0 saturated carbocycles. The van der Waals surface area contributed by atoms with Crippen molar-refractivity contribution in [2.24, 2.45) is 0 Å². The second-order valence-electron chi connectivity index (χ2n) is 3.75. The van der Waals surface area contributed by atoms with E-state index in [0.717, 1.165) is 30.0 Å². The predicted octanol–water partition coefficient (Wildman–Crippen LogP) is 3.36. The van der Waals surface area contributed by atoms with E-state index in [1.54, 1.807) is 18.2 Å². The first-order valence-corrected chi connectivity index (χ1v) is 6.37. The number of carbonyl (C=O) groups excluding carboxylic acids is 1. The molecule has 0 atom stereocenters. The Bertz CT molecular complexity index is 380. The Labute approximate surface area is 108 Å². The molecule has 0 radical (unpaired) electrons. The lowest BCUT2D eigenvalue weighted by Gasteiger charge is -2.09. The molecular weight excluding hydrogens is 234 g/mol. The molecule has 0 aromatic heterocycles. The lowest BCUT2D eigenvalue weighted by molar-refractivity contribution is 0.0499. The van der Waals surface area contributed by atoms with Gasteiger partial charge in [-0.2, -0.15) is 0 Å². The van der Waals surface area contributed by atoms with E-state index in [9.17, 15) is 4.79 Å². The average Bonchev–Trinajstić information content (AvgIpc) is 2.32. The summed E-state index contributed by atoms with van der Waals surface area (Å²) >= 11 is 4.32. The molecule has 0 fully saturated rings. The molecule has 1 aromatic rings. The van der Waals surface area contributed by atoms with Gasteiger partial charge >= 0.3 is 5.97 Å². The van der Waals surface area contributed by atoms with Crippen molar-refractivity contribution in [1.29, 1.82) is 0 Å². The van der Waals surface area contributed by atoms with Crippen molar-refractivity contribution in [1.82, 2.24) is 0 Å². The van der Waals surface area contributed by atoms with Crippen molar-refractivity contribution in [3.05, 3.63) is 23.8 Å². The van der Waals surface area contributed by atoms with E-state index in [0.29, 0.717) is 12.2 Å². The maximum Gasteiger partial charge on any atom is 0.338 e. The molecule has 4 heteroatoms. The Morgan fingerprint density at radius 1 is 1.41 bits per heavy atom. The molecule has 0 spiro atoms. The van der Waals surface area contributed by atoms with E-state index in [4.69, 9.17) is 4.74 Å². The fourth-order valence-corrected chi connectivity index (χ4v) is 1.61. The number of unbranched alkanes of at least 4 members (excludes halogenated alkanes) is 1. The van der Waals surface area contributed by atoms with Crippen LogP contribution in [0, 0.1) is 0 Å². The smallest absolute Gasteiger partial charge is 0.338 e.